The lowest BCUT2D eigenvalue weighted by molar-refractivity contribution is 0.457. The van der Waals surface area contributed by atoms with Crippen LogP contribution in [0.2, 0.25) is 0 Å². The average Bonchev–Trinajstić information content (AvgIpc) is 2.81. The molecule has 1 rings (SSSR count). The maximum atomic E-state index is 9.44. The molecule has 2 unspecified atom stereocenters. The summed E-state index contributed by atoms with van der Waals surface area (Å²) in [5.74, 6) is 1.86. The quantitative estimate of drug-likeness (QED) is 0.182. The van der Waals surface area contributed by atoms with Gasteiger partial charge in [0.2, 0.25) is 0 Å². The molecule has 0 saturated heterocycles. The first-order valence-electron chi connectivity index (χ1n) is 12.1. The standard InChI is InChI=1S/C23H34N4.C5H12/c1-7-18(20-11-9-19(10-12-20)16(3)4)13-21(8-2)27-23(15-25)22(14-24)17(5)26-6;1-4-5(2)3/h9-12,15-16,18,21,25-27H,5,7-8,13H2,1-4,6H3;5H,4H2,1-3H3/b23-22+,25-15?;. The maximum Gasteiger partial charge on any atom is 0.104 e. The van der Waals surface area contributed by atoms with Crippen molar-refractivity contribution in [1.29, 1.82) is 10.7 Å². The van der Waals surface area contributed by atoms with Crippen LogP contribution in [-0.4, -0.2) is 19.3 Å². The zero-order valence-electron chi connectivity index (χ0n) is 21.7. The van der Waals surface area contributed by atoms with E-state index in [-0.39, 0.29) is 6.04 Å². The monoisotopic (exact) mass is 438 g/mol. The van der Waals surface area contributed by atoms with Crippen molar-refractivity contribution < 1.29 is 0 Å². The molecule has 0 aromatic heterocycles. The zero-order valence-corrected chi connectivity index (χ0v) is 21.7. The van der Waals surface area contributed by atoms with Crippen molar-refractivity contribution in [3.05, 3.63) is 58.9 Å². The van der Waals surface area contributed by atoms with Crippen molar-refractivity contribution >= 4 is 6.21 Å². The van der Waals surface area contributed by atoms with Gasteiger partial charge in [-0.15, -0.1) is 0 Å². The van der Waals surface area contributed by atoms with Gasteiger partial charge in [0.05, 0.1) is 11.3 Å². The fourth-order valence-electron chi connectivity index (χ4n) is 3.18. The zero-order chi connectivity index (χ0) is 24.7. The van der Waals surface area contributed by atoms with Gasteiger partial charge in [0, 0.05) is 25.0 Å². The highest BCUT2D eigenvalue weighted by molar-refractivity contribution is 5.79. The van der Waals surface area contributed by atoms with Crippen molar-refractivity contribution in [2.75, 3.05) is 7.05 Å². The van der Waals surface area contributed by atoms with Gasteiger partial charge in [0.15, 0.2) is 0 Å². The van der Waals surface area contributed by atoms with Gasteiger partial charge in [-0.05, 0) is 48.1 Å². The van der Waals surface area contributed by atoms with Gasteiger partial charge in [-0.2, -0.15) is 5.26 Å². The first-order valence-corrected chi connectivity index (χ1v) is 12.1. The van der Waals surface area contributed by atoms with Crippen LogP contribution in [0.3, 0.4) is 0 Å². The van der Waals surface area contributed by atoms with Crippen LogP contribution in [0, 0.1) is 22.7 Å². The molecule has 1 aromatic rings. The molecule has 0 aliphatic heterocycles. The minimum atomic E-state index is 0.185. The van der Waals surface area contributed by atoms with Crippen molar-refractivity contribution in [1.82, 2.24) is 10.6 Å². The summed E-state index contributed by atoms with van der Waals surface area (Å²) in [5, 5.41) is 23.5. The minimum Gasteiger partial charge on any atom is -0.387 e. The molecule has 2 atom stereocenters. The van der Waals surface area contributed by atoms with Gasteiger partial charge in [-0.25, -0.2) is 0 Å². The maximum absolute atomic E-state index is 9.44. The van der Waals surface area contributed by atoms with Crippen LogP contribution in [0.15, 0.2) is 47.8 Å². The lowest BCUT2D eigenvalue weighted by Crippen LogP contribution is -2.31. The second kappa shape index (κ2) is 16.1. The number of hydrogen-bond donors (Lipinski definition) is 3. The summed E-state index contributed by atoms with van der Waals surface area (Å²) in [6.07, 6.45) is 5.44. The largest absolute Gasteiger partial charge is 0.387 e. The third kappa shape index (κ3) is 10.2. The number of nitrogens with zero attached hydrogens (tertiary/aromatic N) is 1. The second-order valence-corrected chi connectivity index (χ2v) is 8.99. The number of hydrogen-bond acceptors (Lipinski definition) is 4. The molecule has 0 amide bonds. The number of nitrogens with one attached hydrogen (secondary N) is 3. The van der Waals surface area contributed by atoms with E-state index in [2.05, 4.69) is 96.0 Å². The van der Waals surface area contributed by atoms with Crippen LogP contribution in [0.5, 0.6) is 0 Å². The van der Waals surface area contributed by atoms with E-state index in [4.69, 9.17) is 5.41 Å². The Morgan fingerprint density at radius 1 is 1.03 bits per heavy atom. The molecule has 0 radical (unpaired) electrons. The second-order valence-electron chi connectivity index (χ2n) is 8.99. The van der Waals surface area contributed by atoms with Crippen LogP contribution in [0.4, 0.5) is 0 Å². The Morgan fingerprint density at radius 3 is 1.91 bits per heavy atom. The van der Waals surface area contributed by atoms with Crippen LogP contribution in [0.25, 0.3) is 0 Å². The molecule has 32 heavy (non-hydrogen) atoms. The van der Waals surface area contributed by atoms with E-state index < -0.39 is 0 Å². The summed E-state index contributed by atoms with van der Waals surface area (Å²) in [7, 11) is 1.73. The van der Waals surface area contributed by atoms with Crippen molar-refractivity contribution in [3.63, 3.8) is 0 Å². The van der Waals surface area contributed by atoms with Crippen LogP contribution in [-0.2, 0) is 0 Å². The summed E-state index contributed by atoms with van der Waals surface area (Å²) < 4.78 is 0. The van der Waals surface area contributed by atoms with E-state index >= 15 is 0 Å². The summed E-state index contributed by atoms with van der Waals surface area (Å²) in [6, 6.07) is 11.3. The third-order valence-corrected chi connectivity index (χ3v) is 5.93. The highest BCUT2D eigenvalue weighted by Crippen LogP contribution is 2.27. The summed E-state index contributed by atoms with van der Waals surface area (Å²) in [6.45, 7) is 19.3. The molecule has 4 heteroatoms. The molecule has 0 spiro atoms. The number of benzene rings is 1. The predicted octanol–water partition coefficient (Wildman–Crippen LogP) is 7.27. The van der Waals surface area contributed by atoms with E-state index in [0.29, 0.717) is 28.8 Å². The normalized spacial score (nSPS) is 13.3. The van der Waals surface area contributed by atoms with Crippen molar-refractivity contribution in [2.45, 2.75) is 92.0 Å². The highest BCUT2D eigenvalue weighted by atomic mass is 14.9. The van der Waals surface area contributed by atoms with Crippen molar-refractivity contribution in [2.24, 2.45) is 5.92 Å². The van der Waals surface area contributed by atoms with Crippen LogP contribution >= 0.6 is 0 Å². The van der Waals surface area contributed by atoms with E-state index in [1.54, 1.807) is 7.05 Å². The molecular formula is C28H46N4. The third-order valence-electron chi connectivity index (χ3n) is 5.93. The lowest BCUT2D eigenvalue weighted by Gasteiger charge is -2.25. The Labute approximate surface area is 197 Å². The van der Waals surface area contributed by atoms with Crippen molar-refractivity contribution in [3.8, 4) is 6.07 Å². The summed E-state index contributed by atoms with van der Waals surface area (Å²) >= 11 is 0. The SMILES string of the molecule is C=C(NC)/C(C#N)=C(\C=N)NC(CC)CC(CC)c1ccc(C(C)C)cc1.CCC(C)C. The van der Waals surface area contributed by atoms with Gasteiger partial charge in [0.1, 0.15) is 6.07 Å². The predicted molar refractivity (Wildman–Crippen MR) is 140 cm³/mol. The molecule has 0 heterocycles. The topological polar surface area (TPSA) is 71.7 Å². The van der Waals surface area contributed by atoms with Crippen LogP contribution < -0.4 is 10.6 Å². The molecule has 0 saturated carbocycles. The molecule has 3 N–H and O–H groups in total. The lowest BCUT2D eigenvalue weighted by atomic mass is 9.87. The van der Waals surface area contributed by atoms with Gasteiger partial charge < -0.3 is 16.0 Å². The summed E-state index contributed by atoms with van der Waals surface area (Å²) in [5.41, 5.74) is 4.14. The fourth-order valence-corrected chi connectivity index (χ4v) is 3.18. The van der Waals surface area contributed by atoms with E-state index in [1.165, 1.54) is 23.8 Å². The molecule has 4 nitrogen and oxygen atoms in total. The molecule has 0 bridgehead atoms. The van der Waals surface area contributed by atoms with Gasteiger partial charge in [0.25, 0.3) is 0 Å². The van der Waals surface area contributed by atoms with E-state index in [1.807, 2.05) is 0 Å². The Hall–Kier alpha value is -2.54. The first kappa shape index (κ1) is 29.5. The van der Waals surface area contributed by atoms with Gasteiger partial charge in [-0.1, -0.05) is 85.7 Å². The Morgan fingerprint density at radius 2 is 1.56 bits per heavy atom. The summed E-state index contributed by atoms with van der Waals surface area (Å²) in [4.78, 5) is 0. The minimum absolute atomic E-state index is 0.185. The Kier molecular flexibility index (Phi) is 14.9. The van der Waals surface area contributed by atoms with Gasteiger partial charge in [-0.3, -0.25) is 0 Å². The number of likely N-dealkylation sites (N-methyl/N-ethyl adjacent to an activating group) is 1. The van der Waals surface area contributed by atoms with Gasteiger partial charge >= 0.3 is 0 Å². The molecule has 0 aliphatic rings. The Bertz CT molecular complexity index is 751. The van der Waals surface area contributed by atoms with Crippen LogP contribution in [0.1, 0.15) is 97.1 Å². The van der Waals surface area contributed by atoms with E-state index in [9.17, 15) is 5.26 Å². The molecule has 0 fully saturated rings. The number of nitriles is 1. The first-order chi connectivity index (χ1) is 15.2. The average molecular weight is 439 g/mol. The number of rotatable bonds is 12. The Balaban J connectivity index is 0.00000172. The molecule has 178 valence electrons. The number of allylic oxidation sites excluding steroid dienone is 2. The molecule has 0 aliphatic carbocycles. The van der Waals surface area contributed by atoms with E-state index in [0.717, 1.165) is 25.2 Å². The highest BCUT2D eigenvalue weighted by Gasteiger charge is 2.18. The molecule has 1 aromatic carbocycles. The smallest absolute Gasteiger partial charge is 0.104 e. The molecular weight excluding hydrogens is 392 g/mol. The fraction of sp³-hybridized carbons (Fsp3) is 0.571.